The standard InChI is InChI=1S/C10H11Cl2NO2/c1-13(6-10(14)15)5-7-8(11)3-2-4-9(7)12/h2-4H,5-6H2,1H3,(H,14,15). The van der Waals surface area contributed by atoms with E-state index in [9.17, 15) is 4.79 Å². The molecule has 1 aromatic rings. The molecule has 3 nitrogen and oxygen atoms in total. The van der Waals surface area contributed by atoms with Gasteiger partial charge >= 0.3 is 5.97 Å². The van der Waals surface area contributed by atoms with Crippen molar-refractivity contribution in [3.05, 3.63) is 33.8 Å². The molecule has 0 aliphatic carbocycles. The van der Waals surface area contributed by atoms with Gasteiger partial charge in [0.15, 0.2) is 0 Å². The van der Waals surface area contributed by atoms with Crippen LogP contribution >= 0.6 is 23.2 Å². The third kappa shape index (κ3) is 3.70. The van der Waals surface area contributed by atoms with Crippen molar-refractivity contribution in [3.63, 3.8) is 0 Å². The molecule has 0 aliphatic rings. The number of nitrogens with zero attached hydrogens (tertiary/aromatic N) is 1. The SMILES string of the molecule is CN(CC(=O)O)Cc1c(Cl)cccc1Cl. The molecule has 0 aromatic heterocycles. The smallest absolute Gasteiger partial charge is 0.317 e. The van der Waals surface area contributed by atoms with Gasteiger partial charge in [-0.3, -0.25) is 9.69 Å². The highest BCUT2D eigenvalue weighted by Crippen LogP contribution is 2.25. The van der Waals surface area contributed by atoms with E-state index in [0.29, 0.717) is 16.6 Å². The number of benzene rings is 1. The maximum Gasteiger partial charge on any atom is 0.317 e. The van der Waals surface area contributed by atoms with Crippen LogP contribution in [0.15, 0.2) is 18.2 Å². The molecular formula is C10H11Cl2NO2. The summed E-state index contributed by atoms with van der Waals surface area (Å²) in [5.41, 5.74) is 0.754. The monoisotopic (exact) mass is 247 g/mol. The highest BCUT2D eigenvalue weighted by molar-refractivity contribution is 6.35. The van der Waals surface area contributed by atoms with Gasteiger partial charge in [-0.15, -0.1) is 0 Å². The zero-order chi connectivity index (χ0) is 11.4. The second kappa shape index (κ2) is 5.35. The molecule has 0 heterocycles. The van der Waals surface area contributed by atoms with Crippen LogP contribution in [0.3, 0.4) is 0 Å². The van der Waals surface area contributed by atoms with Gasteiger partial charge < -0.3 is 5.11 Å². The minimum atomic E-state index is -0.874. The molecule has 1 aromatic carbocycles. The summed E-state index contributed by atoms with van der Waals surface area (Å²) in [6.45, 7) is 0.381. The van der Waals surface area contributed by atoms with Gasteiger partial charge in [0.2, 0.25) is 0 Å². The molecule has 1 rings (SSSR count). The van der Waals surface area contributed by atoms with Gasteiger partial charge in [-0.2, -0.15) is 0 Å². The second-order valence-corrected chi connectivity index (χ2v) is 4.08. The highest BCUT2D eigenvalue weighted by atomic mass is 35.5. The molecule has 82 valence electrons. The molecule has 0 spiro atoms. The van der Waals surface area contributed by atoms with Gasteiger partial charge in [0.05, 0.1) is 6.54 Å². The molecule has 0 radical (unpaired) electrons. The maximum absolute atomic E-state index is 10.5. The van der Waals surface area contributed by atoms with Crippen molar-refractivity contribution in [2.75, 3.05) is 13.6 Å². The summed E-state index contributed by atoms with van der Waals surface area (Å²) in [4.78, 5) is 12.1. The number of rotatable bonds is 4. The molecule has 0 unspecified atom stereocenters. The van der Waals surface area contributed by atoms with Crippen LogP contribution in [0.4, 0.5) is 0 Å². The zero-order valence-corrected chi connectivity index (χ0v) is 9.72. The second-order valence-electron chi connectivity index (χ2n) is 3.27. The molecule has 0 saturated heterocycles. The van der Waals surface area contributed by atoms with E-state index in [-0.39, 0.29) is 6.54 Å². The van der Waals surface area contributed by atoms with Gasteiger partial charge in [0.25, 0.3) is 0 Å². The first-order chi connectivity index (χ1) is 7.00. The Labute approximate surface area is 98.2 Å². The molecule has 0 saturated carbocycles. The summed E-state index contributed by atoms with van der Waals surface area (Å²) < 4.78 is 0. The number of halogens is 2. The van der Waals surface area contributed by atoms with Crippen molar-refractivity contribution < 1.29 is 9.90 Å². The molecule has 0 fully saturated rings. The average molecular weight is 248 g/mol. The molecule has 0 bridgehead atoms. The summed E-state index contributed by atoms with van der Waals surface area (Å²) in [6.07, 6.45) is 0. The van der Waals surface area contributed by atoms with Gasteiger partial charge in [-0.05, 0) is 19.2 Å². The normalized spacial score (nSPS) is 10.7. The van der Waals surface area contributed by atoms with Crippen molar-refractivity contribution in [1.82, 2.24) is 4.90 Å². The minimum Gasteiger partial charge on any atom is -0.480 e. The zero-order valence-electron chi connectivity index (χ0n) is 8.20. The topological polar surface area (TPSA) is 40.5 Å². The Morgan fingerprint density at radius 3 is 2.40 bits per heavy atom. The third-order valence-corrected chi connectivity index (χ3v) is 2.60. The van der Waals surface area contributed by atoms with Crippen LogP contribution in [0.2, 0.25) is 10.0 Å². The number of carbonyl (C=O) groups is 1. The minimum absolute atomic E-state index is 0.0401. The number of carboxylic acid groups (broad SMARTS) is 1. The van der Waals surface area contributed by atoms with Crippen LogP contribution in [0.5, 0.6) is 0 Å². The molecule has 5 heteroatoms. The summed E-state index contributed by atoms with van der Waals surface area (Å²) in [7, 11) is 1.70. The van der Waals surface area contributed by atoms with Crippen molar-refractivity contribution >= 4 is 29.2 Å². The van der Waals surface area contributed by atoms with E-state index in [1.807, 2.05) is 0 Å². The summed E-state index contributed by atoms with van der Waals surface area (Å²) in [5, 5.41) is 9.70. The Morgan fingerprint density at radius 2 is 1.93 bits per heavy atom. The van der Waals surface area contributed by atoms with Crippen molar-refractivity contribution in [2.45, 2.75) is 6.54 Å². The number of likely N-dealkylation sites (N-methyl/N-ethyl adjacent to an activating group) is 1. The highest BCUT2D eigenvalue weighted by Gasteiger charge is 2.10. The van der Waals surface area contributed by atoms with E-state index in [1.54, 1.807) is 30.1 Å². The van der Waals surface area contributed by atoms with E-state index >= 15 is 0 Å². The van der Waals surface area contributed by atoms with Crippen LogP contribution in [-0.4, -0.2) is 29.6 Å². The Balaban J connectivity index is 2.76. The maximum atomic E-state index is 10.5. The summed E-state index contributed by atoms with van der Waals surface area (Å²) in [6, 6.07) is 5.22. The number of hydrogen-bond donors (Lipinski definition) is 1. The van der Waals surface area contributed by atoms with Crippen LogP contribution in [0.25, 0.3) is 0 Å². The van der Waals surface area contributed by atoms with Crippen molar-refractivity contribution in [2.24, 2.45) is 0 Å². The van der Waals surface area contributed by atoms with E-state index in [2.05, 4.69) is 0 Å². The molecule has 0 amide bonds. The van der Waals surface area contributed by atoms with E-state index in [4.69, 9.17) is 28.3 Å². The first kappa shape index (κ1) is 12.3. The quantitative estimate of drug-likeness (QED) is 0.889. The van der Waals surface area contributed by atoms with Crippen LogP contribution in [0, 0.1) is 0 Å². The van der Waals surface area contributed by atoms with Crippen molar-refractivity contribution in [3.8, 4) is 0 Å². The number of carboxylic acids is 1. The van der Waals surface area contributed by atoms with E-state index in [0.717, 1.165) is 5.56 Å². The van der Waals surface area contributed by atoms with Crippen molar-refractivity contribution in [1.29, 1.82) is 0 Å². The largest absolute Gasteiger partial charge is 0.480 e. The van der Waals surface area contributed by atoms with Crippen LogP contribution in [0.1, 0.15) is 5.56 Å². The summed E-state index contributed by atoms with van der Waals surface area (Å²) >= 11 is 11.9. The lowest BCUT2D eigenvalue weighted by Gasteiger charge is -2.15. The molecule has 1 N–H and O–H groups in total. The lowest BCUT2D eigenvalue weighted by Crippen LogP contribution is -2.25. The van der Waals surface area contributed by atoms with Gasteiger partial charge in [-0.1, -0.05) is 29.3 Å². The molecular weight excluding hydrogens is 237 g/mol. The van der Waals surface area contributed by atoms with E-state index in [1.165, 1.54) is 0 Å². The summed E-state index contributed by atoms with van der Waals surface area (Å²) in [5.74, 6) is -0.874. The molecule has 0 aliphatic heterocycles. The number of hydrogen-bond acceptors (Lipinski definition) is 2. The predicted molar refractivity (Wildman–Crippen MR) is 60.4 cm³/mol. The first-order valence-corrected chi connectivity index (χ1v) is 5.09. The Morgan fingerprint density at radius 1 is 1.40 bits per heavy atom. The molecule has 0 atom stereocenters. The van der Waals surface area contributed by atoms with Crippen LogP contribution < -0.4 is 0 Å². The fourth-order valence-corrected chi connectivity index (χ4v) is 1.76. The van der Waals surface area contributed by atoms with Gasteiger partial charge in [0, 0.05) is 22.2 Å². The molecule has 15 heavy (non-hydrogen) atoms. The van der Waals surface area contributed by atoms with Crippen LogP contribution in [-0.2, 0) is 11.3 Å². The third-order valence-electron chi connectivity index (χ3n) is 1.89. The average Bonchev–Trinajstić information content (AvgIpc) is 2.10. The Hall–Kier alpha value is -0.770. The predicted octanol–water partition coefficient (Wildman–Crippen LogP) is 2.51. The fourth-order valence-electron chi connectivity index (χ4n) is 1.24. The first-order valence-electron chi connectivity index (χ1n) is 4.34. The van der Waals surface area contributed by atoms with Gasteiger partial charge in [0.1, 0.15) is 0 Å². The Bertz CT molecular complexity index is 348. The van der Waals surface area contributed by atoms with E-state index < -0.39 is 5.97 Å². The number of aliphatic carboxylic acids is 1. The lowest BCUT2D eigenvalue weighted by molar-refractivity contribution is -0.138. The lowest BCUT2D eigenvalue weighted by atomic mass is 10.2. The Kier molecular flexibility index (Phi) is 4.39. The fraction of sp³-hybridized carbons (Fsp3) is 0.300. The van der Waals surface area contributed by atoms with Gasteiger partial charge in [-0.25, -0.2) is 0 Å².